The summed E-state index contributed by atoms with van der Waals surface area (Å²) in [6, 6.07) is 11.1. The highest BCUT2D eigenvalue weighted by atomic mass is 16.5. The summed E-state index contributed by atoms with van der Waals surface area (Å²) in [6.45, 7) is 15.8. The molecule has 44 heavy (non-hydrogen) atoms. The minimum Gasteiger partial charge on any atom is -0.462 e. The summed E-state index contributed by atoms with van der Waals surface area (Å²) in [7, 11) is 0. The number of fused-ring (bicyclic) bond motifs is 2. The highest BCUT2D eigenvalue weighted by molar-refractivity contribution is 5.95. The number of benzene rings is 2. The Hall–Kier alpha value is -2.90. The number of carbonyl (C=O) groups is 2. The zero-order valence-corrected chi connectivity index (χ0v) is 27.8. The molecule has 0 fully saturated rings. The van der Waals surface area contributed by atoms with Gasteiger partial charge in [0.15, 0.2) is 0 Å². The number of carbonyl (C=O) groups excluding carboxylic acids is 2. The molecule has 2 aromatic rings. The summed E-state index contributed by atoms with van der Waals surface area (Å²) in [4.78, 5) is 31.3. The van der Waals surface area contributed by atoms with Gasteiger partial charge in [0.05, 0.1) is 13.2 Å². The van der Waals surface area contributed by atoms with Crippen LogP contribution >= 0.6 is 0 Å². The Balaban J connectivity index is 1.58. The predicted molar refractivity (Wildman–Crippen MR) is 178 cm³/mol. The van der Waals surface area contributed by atoms with Crippen LogP contribution in [0.4, 0.5) is 0 Å². The second-order valence-corrected chi connectivity index (χ2v) is 11.9. The van der Waals surface area contributed by atoms with Crippen LogP contribution in [0.25, 0.3) is 0 Å². The lowest BCUT2D eigenvalue weighted by atomic mass is 9.96. The SMILES string of the molecule is CCCCN(CCCC)CCCOC(=O)c1cccc2c1Oc1c(cccc1C(=O)OCCCN(CCCC)CCCC)C2. The third kappa shape index (κ3) is 11.2. The molecule has 0 unspecified atom stereocenters. The Morgan fingerprint density at radius 2 is 0.955 bits per heavy atom. The highest BCUT2D eigenvalue weighted by Gasteiger charge is 2.27. The second-order valence-electron chi connectivity index (χ2n) is 11.9. The van der Waals surface area contributed by atoms with Crippen molar-refractivity contribution in [3.8, 4) is 11.5 Å². The maximum absolute atomic E-state index is 13.2. The lowest BCUT2D eigenvalue weighted by Gasteiger charge is -2.24. The number of unbranched alkanes of at least 4 members (excludes halogenated alkanes) is 4. The quantitative estimate of drug-likeness (QED) is 0.0840. The third-order valence-corrected chi connectivity index (χ3v) is 8.23. The number of hydrogen-bond acceptors (Lipinski definition) is 7. The first-order chi connectivity index (χ1) is 21.5. The van der Waals surface area contributed by atoms with E-state index in [1.165, 1.54) is 51.4 Å². The van der Waals surface area contributed by atoms with E-state index in [-0.39, 0.29) is 0 Å². The van der Waals surface area contributed by atoms with Gasteiger partial charge in [0, 0.05) is 30.6 Å². The van der Waals surface area contributed by atoms with E-state index in [4.69, 9.17) is 14.2 Å². The monoisotopic (exact) mass is 608 g/mol. The van der Waals surface area contributed by atoms with Crippen molar-refractivity contribution in [2.45, 2.75) is 98.3 Å². The molecule has 0 spiro atoms. The van der Waals surface area contributed by atoms with E-state index in [2.05, 4.69) is 37.5 Å². The highest BCUT2D eigenvalue weighted by Crippen LogP contribution is 2.41. The lowest BCUT2D eigenvalue weighted by molar-refractivity contribution is 0.0480. The molecule has 0 N–H and O–H groups in total. The number of para-hydroxylation sites is 2. The van der Waals surface area contributed by atoms with E-state index in [9.17, 15) is 9.59 Å². The van der Waals surface area contributed by atoms with Gasteiger partial charge in [-0.3, -0.25) is 0 Å². The van der Waals surface area contributed by atoms with Crippen molar-refractivity contribution < 1.29 is 23.8 Å². The van der Waals surface area contributed by atoms with Crippen LogP contribution in [0.2, 0.25) is 0 Å². The van der Waals surface area contributed by atoms with E-state index < -0.39 is 11.9 Å². The first-order valence-electron chi connectivity index (χ1n) is 17.2. The molecule has 0 atom stereocenters. The Bertz CT molecular complexity index is 1050. The summed E-state index contributed by atoms with van der Waals surface area (Å²) >= 11 is 0. The molecule has 1 aliphatic heterocycles. The fourth-order valence-electron chi connectivity index (χ4n) is 5.58. The van der Waals surface area contributed by atoms with Crippen LogP contribution in [0.3, 0.4) is 0 Å². The number of esters is 2. The zero-order valence-electron chi connectivity index (χ0n) is 27.8. The summed E-state index contributed by atoms with van der Waals surface area (Å²) in [6.07, 6.45) is 11.6. The van der Waals surface area contributed by atoms with Gasteiger partial charge >= 0.3 is 11.9 Å². The van der Waals surface area contributed by atoms with E-state index in [0.29, 0.717) is 42.3 Å². The number of ether oxygens (including phenoxy) is 3. The molecule has 3 rings (SSSR count). The number of rotatable bonds is 22. The molecule has 0 saturated heterocycles. The number of hydrogen-bond donors (Lipinski definition) is 0. The van der Waals surface area contributed by atoms with Crippen LogP contribution in [0.15, 0.2) is 36.4 Å². The molecule has 0 bridgehead atoms. The van der Waals surface area contributed by atoms with Crippen molar-refractivity contribution in [2.24, 2.45) is 0 Å². The molecular weight excluding hydrogens is 552 g/mol. The Morgan fingerprint density at radius 3 is 1.32 bits per heavy atom. The van der Waals surface area contributed by atoms with E-state index in [0.717, 1.165) is 63.2 Å². The molecule has 7 nitrogen and oxygen atoms in total. The Morgan fingerprint density at radius 1 is 0.591 bits per heavy atom. The maximum Gasteiger partial charge on any atom is 0.341 e. The maximum atomic E-state index is 13.2. The largest absolute Gasteiger partial charge is 0.462 e. The van der Waals surface area contributed by atoms with Crippen LogP contribution in [-0.2, 0) is 15.9 Å². The van der Waals surface area contributed by atoms with E-state index in [1.807, 2.05) is 24.3 Å². The Kier molecular flexibility index (Phi) is 16.3. The third-order valence-electron chi connectivity index (χ3n) is 8.23. The van der Waals surface area contributed by atoms with Crippen LogP contribution in [0, 0.1) is 0 Å². The smallest absolute Gasteiger partial charge is 0.341 e. The molecule has 0 radical (unpaired) electrons. The second kappa shape index (κ2) is 20.2. The average Bonchev–Trinajstić information content (AvgIpc) is 3.04. The fourth-order valence-corrected chi connectivity index (χ4v) is 5.58. The Labute approximate surface area is 266 Å². The molecule has 1 heterocycles. The molecule has 244 valence electrons. The van der Waals surface area contributed by atoms with Gasteiger partial charge in [-0.1, -0.05) is 77.6 Å². The summed E-state index contributed by atoms with van der Waals surface area (Å²) in [5, 5.41) is 0. The summed E-state index contributed by atoms with van der Waals surface area (Å²) in [5.41, 5.74) is 2.60. The first kappa shape index (κ1) is 35.6. The van der Waals surface area contributed by atoms with Gasteiger partial charge in [-0.25, -0.2) is 9.59 Å². The molecule has 2 aromatic carbocycles. The summed E-state index contributed by atoms with van der Waals surface area (Å²) < 4.78 is 17.8. The minimum absolute atomic E-state index is 0.361. The van der Waals surface area contributed by atoms with Crippen LogP contribution in [-0.4, -0.2) is 74.2 Å². The lowest BCUT2D eigenvalue weighted by Crippen LogP contribution is -2.28. The number of nitrogens with zero attached hydrogens (tertiary/aromatic N) is 2. The zero-order chi connectivity index (χ0) is 31.6. The first-order valence-corrected chi connectivity index (χ1v) is 17.2. The van der Waals surface area contributed by atoms with Crippen molar-refractivity contribution >= 4 is 11.9 Å². The van der Waals surface area contributed by atoms with Gasteiger partial charge in [0.2, 0.25) is 0 Å². The van der Waals surface area contributed by atoms with E-state index >= 15 is 0 Å². The molecular formula is C37H56N2O5. The average molecular weight is 609 g/mol. The van der Waals surface area contributed by atoms with Gasteiger partial charge < -0.3 is 24.0 Å². The molecule has 0 aliphatic carbocycles. The van der Waals surface area contributed by atoms with Gasteiger partial charge in [-0.15, -0.1) is 0 Å². The fraction of sp³-hybridized carbons (Fsp3) is 0.622. The predicted octanol–water partition coefficient (Wildman–Crippen LogP) is 8.28. The van der Waals surface area contributed by atoms with Crippen molar-refractivity contribution in [1.82, 2.24) is 9.80 Å². The van der Waals surface area contributed by atoms with Crippen molar-refractivity contribution in [1.29, 1.82) is 0 Å². The topological polar surface area (TPSA) is 68.3 Å². The molecule has 7 heteroatoms. The molecule has 1 aliphatic rings. The van der Waals surface area contributed by atoms with Gasteiger partial charge in [-0.05, 0) is 76.8 Å². The van der Waals surface area contributed by atoms with Crippen molar-refractivity contribution in [3.63, 3.8) is 0 Å². The van der Waals surface area contributed by atoms with Gasteiger partial charge in [-0.2, -0.15) is 0 Å². The van der Waals surface area contributed by atoms with Crippen LogP contribution in [0.1, 0.15) is 124 Å². The minimum atomic E-state index is -0.394. The summed E-state index contributed by atoms with van der Waals surface area (Å²) in [5.74, 6) is 0.157. The van der Waals surface area contributed by atoms with E-state index in [1.54, 1.807) is 12.1 Å². The van der Waals surface area contributed by atoms with Crippen LogP contribution < -0.4 is 4.74 Å². The van der Waals surface area contributed by atoms with Crippen LogP contribution in [0.5, 0.6) is 11.5 Å². The van der Waals surface area contributed by atoms with Gasteiger partial charge in [0.1, 0.15) is 22.6 Å². The molecule has 0 amide bonds. The van der Waals surface area contributed by atoms with Crippen molar-refractivity contribution in [2.75, 3.05) is 52.5 Å². The molecule has 0 saturated carbocycles. The standard InChI is InChI=1S/C37H56N2O5/c1-5-9-21-38(22-10-6-2)25-15-27-42-36(40)32-19-13-17-30-29-31-18-14-20-33(35(31)44-34(30)32)37(41)43-28-16-26-39(23-11-7-3)24-12-8-4/h13-14,17-20H,5-12,15-16,21-29H2,1-4H3. The van der Waals surface area contributed by atoms with Gasteiger partial charge in [0.25, 0.3) is 0 Å². The molecule has 0 aromatic heterocycles. The van der Waals surface area contributed by atoms with Crippen molar-refractivity contribution in [3.05, 3.63) is 58.7 Å². The normalized spacial score (nSPS) is 12.1.